The van der Waals surface area contributed by atoms with E-state index in [0.29, 0.717) is 11.5 Å². The maximum atomic E-state index is 11.9. The van der Waals surface area contributed by atoms with E-state index in [1.807, 2.05) is 25.1 Å². The van der Waals surface area contributed by atoms with E-state index in [0.717, 1.165) is 34.8 Å². The second kappa shape index (κ2) is 7.95. The number of nitrogens with one attached hydrogen (secondary N) is 1. The van der Waals surface area contributed by atoms with Gasteiger partial charge in [-0.25, -0.2) is 0 Å². The Balaban J connectivity index is 2.39. The summed E-state index contributed by atoms with van der Waals surface area (Å²) in [5.74, 6) is 0.664. The third-order valence-corrected chi connectivity index (χ3v) is 4.82. The lowest BCUT2D eigenvalue weighted by Gasteiger charge is -2.09. The highest BCUT2D eigenvalue weighted by molar-refractivity contribution is 9.10. The highest BCUT2D eigenvalue weighted by Gasteiger charge is 2.06. The van der Waals surface area contributed by atoms with Gasteiger partial charge in [0.2, 0.25) is 0 Å². The zero-order valence-electron chi connectivity index (χ0n) is 10.8. The molecule has 0 aliphatic heterocycles. The normalized spacial score (nSPS) is 12.2. The lowest BCUT2D eigenvalue weighted by atomic mass is 10.1. The van der Waals surface area contributed by atoms with E-state index in [1.165, 1.54) is 0 Å². The van der Waals surface area contributed by atoms with Crippen LogP contribution in [0.15, 0.2) is 22.7 Å². The molecule has 2 nitrogen and oxygen atoms in total. The lowest BCUT2D eigenvalue weighted by Crippen LogP contribution is -2.24. The molecule has 0 saturated carbocycles. The molecule has 0 aromatic heterocycles. The van der Waals surface area contributed by atoms with Crippen molar-refractivity contribution < 1.29 is 4.79 Å². The Morgan fingerprint density at radius 3 is 2.78 bits per heavy atom. The molecule has 1 atom stereocenters. The van der Waals surface area contributed by atoms with Gasteiger partial charge in [0.25, 0.3) is 5.91 Å². The summed E-state index contributed by atoms with van der Waals surface area (Å²) in [7, 11) is 0. The first kappa shape index (κ1) is 15.7. The van der Waals surface area contributed by atoms with Gasteiger partial charge in [-0.2, -0.15) is 0 Å². The standard InChI is InChI=1S/C14H19Br2NO/c1-10(9-15)4-3-7-17-14(18)12-6-5-11(2)13(16)8-12/h5-6,8,10H,3-4,7,9H2,1-2H3,(H,17,18). The van der Waals surface area contributed by atoms with Gasteiger partial charge in [-0.15, -0.1) is 0 Å². The van der Waals surface area contributed by atoms with Crippen molar-refractivity contribution in [3.63, 3.8) is 0 Å². The van der Waals surface area contributed by atoms with Crippen molar-refractivity contribution in [3.8, 4) is 0 Å². The fourth-order valence-electron chi connectivity index (χ4n) is 1.57. The Hall–Kier alpha value is -0.350. The van der Waals surface area contributed by atoms with Crippen molar-refractivity contribution in [2.45, 2.75) is 26.7 Å². The zero-order chi connectivity index (χ0) is 13.5. The molecule has 0 aliphatic rings. The zero-order valence-corrected chi connectivity index (χ0v) is 14.0. The highest BCUT2D eigenvalue weighted by atomic mass is 79.9. The summed E-state index contributed by atoms with van der Waals surface area (Å²) in [6, 6.07) is 5.67. The van der Waals surface area contributed by atoms with Crippen LogP contribution in [0.4, 0.5) is 0 Å². The van der Waals surface area contributed by atoms with Crippen molar-refractivity contribution >= 4 is 37.8 Å². The van der Waals surface area contributed by atoms with E-state index in [9.17, 15) is 4.79 Å². The van der Waals surface area contributed by atoms with Crippen LogP contribution >= 0.6 is 31.9 Å². The molecule has 4 heteroatoms. The quantitative estimate of drug-likeness (QED) is 0.582. The second-order valence-electron chi connectivity index (χ2n) is 4.62. The van der Waals surface area contributed by atoms with Crippen LogP contribution in [0.25, 0.3) is 0 Å². The minimum Gasteiger partial charge on any atom is -0.352 e. The number of halogens is 2. The van der Waals surface area contributed by atoms with Crippen LogP contribution in [0.1, 0.15) is 35.7 Å². The van der Waals surface area contributed by atoms with Crippen molar-refractivity contribution in [2.24, 2.45) is 5.92 Å². The average molecular weight is 377 g/mol. The number of hydrogen-bond acceptors (Lipinski definition) is 1. The van der Waals surface area contributed by atoms with Gasteiger partial charge < -0.3 is 5.32 Å². The maximum absolute atomic E-state index is 11.9. The number of carbonyl (C=O) groups excluding carboxylic acids is 1. The van der Waals surface area contributed by atoms with Gasteiger partial charge in [0.15, 0.2) is 0 Å². The molecule has 1 unspecified atom stereocenters. The van der Waals surface area contributed by atoms with Crippen LogP contribution < -0.4 is 5.32 Å². The van der Waals surface area contributed by atoms with Crippen molar-refractivity contribution in [2.75, 3.05) is 11.9 Å². The predicted molar refractivity (Wildman–Crippen MR) is 83.4 cm³/mol. The van der Waals surface area contributed by atoms with E-state index in [1.54, 1.807) is 0 Å². The first-order chi connectivity index (χ1) is 8.54. The molecule has 0 fully saturated rings. The Labute approximate surface area is 126 Å². The number of benzene rings is 1. The monoisotopic (exact) mass is 375 g/mol. The van der Waals surface area contributed by atoms with Gasteiger partial charge in [0, 0.05) is 21.9 Å². The molecule has 1 amide bonds. The third kappa shape index (κ3) is 5.11. The summed E-state index contributed by atoms with van der Waals surface area (Å²) in [6.45, 7) is 4.95. The molecular weight excluding hydrogens is 358 g/mol. The lowest BCUT2D eigenvalue weighted by molar-refractivity contribution is 0.0952. The van der Waals surface area contributed by atoms with Gasteiger partial charge in [-0.1, -0.05) is 44.8 Å². The number of hydrogen-bond donors (Lipinski definition) is 1. The molecule has 18 heavy (non-hydrogen) atoms. The summed E-state index contributed by atoms with van der Waals surface area (Å²) >= 11 is 6.89. The van der Waals surface area contributed by atoms with E-state index in [4.69, 9.17) is 0 Å². The van der Waals surface area contributed by atoms with Crippen molar-refractivity contribution in [1.82, 2.24) is 5.32 Å². The molecule has 0 bridgehead atoms. The molecule has 0 aliphatic carbocycles. The van der Waals surface area contributed by atoms with E-state index >= 15 is 0 Å². The minimum atomic E-state index is 0.00203. The molecule has 1 aromatic carbocycles. The molecule has 0 spiro atoms. The molecule has 0 saturated heterocycles. The van der Waals surface area contributed by atoms with E-state index in [2.05, 4.69) is 44.1 Å². The summed E-state index contributed by atoms with van der Waals surface area (Å²) < 4.78 is 0.975. The van der Waals surface area contributed by atoms with Gasteiger partial charge >= 0.3 is 0 Å². The van der Waals surface area contributed by atoms with Crippen LogP contribution in [0.5, 0.6) is 0 Å². The van der Waals surface area contributed by atoms with Crippen LogP contribution in [0.2, 0.25) is 0 Å². The Bertz CT molecular complexity index is 407. The Morgan fingerprint density at radius 1 is 1.44 bits per heavy atom. The van der Waals surface area contributed by atoms with Gasteiger partial charge in [-0.05, 0) is 43.4 Å². The first-order valence-electron chi connectivity index (χ1n) is 6.15. The molecule has 1 rings (SSSR count). The largest absolute Gasteiger partial charge is 0.352 e. The van der Waals surface area contributed by atoms with Gasteiger partial charge in [0.1, 0.15) is 0 Å². The molecule has 1 N–H and O–H groups in total. The van der Waals surface area contributed by atoms with E-state index < -0.39 is 0 Å². The van der Waals surface area contributed by atoms with Crippen LogP contribution in [0.3, 0.4) is 0 Å². The molecule has 0 radical (unpaired) electrons. The second-order valence-corrected chi connectivity index (χ2v) is 6.12. The molecule has 0 heterocycles. The Morgan fingerprint density at radius 2 is 2.17 bits per heavy atom. The average Bonchev–Trinajstić information content (AvgIpc) is 2.37. The van der Waals surface area contributed by atoms with Crippen molar-refractivity contribution in [3.05, 3.63) is 33.8 Å². The van der Waals surface area contributed by atoms with Crippen molar-refractivity contribution in [1.29, 1.82) is 0 Å². The topological polar surface area (TPSA) is 29.1 Å². The van der Waals surface area contributed by atoms with Gasteiger partial charge in [0.05, 0.1) is 0 Å². The fourth-order valence-corrected chi connectivity index (χ4v) is 2.27. The smallest absolute Gasteiger partial charge is 0.251 e. The predicted octanol–water partition coefficient (Wildman–Crippen LogP) is 4.30. The summed E-state index contributed by atoms with van der Waals surface area (Å²) in [5.41, 5.74) is 1.85. The molecule has 100 valence electrons. The summed E-state index contributed by atoms with van der Waals surface area (Å²) in [6.07, 6.45) is 2.15. The number of amides is 1. The number of alkyl halides is 1. The fraction of sp³-hybridized carbons (Fsp3) is 0.500. The van der Waals surface area contributed by atoms with Crippen LogP contribution in [-0.4, -0.2) is 17.8 Å². The summed E-state index contributed by atoms with van der Waals surface area (Å²) in [5, 5.41) is 3.97. The SMILES string of the molecule is Cc1ccc(C(=O)NCCCC(C)CBr)cc1Br. The minimum absolute atomic E-state index is 0.00203. The van der Waals surface area contributed by atoms with E-state index in [-0.39, 0.29) is 5.91 Å². The van der Waals surface area contributed by atoms with Crippen LogP contribution in [-0.2, 0) is 0 Å². The highest BCUT2D eigenvalue weighted by Crippen LogP contribution is 2.17. The summed E-state index contributed by atoms with van der Waals surface area (Å²) in [4.78, 5) is 11.9. The first-order valence-corrected chi connectivity index (χ1v) is 8.06. The Kier molecular flexibility index (Phi) is 6.94. The third-order valence-electron chi connectivity index (χ3n) is 2.86. The maximum Gasteiger partial charge on any atom is 0.251 e. The molecule has 1 aromatic rings. The van der Waals surface area contributed by atoms with Crippen LogP contribution in [0, 0.1) is 12.8 Å². The number of aryl methyl sites for hydroxylation is 1. The number of carbonyl (C=O) groups is 1. The molecular formula is C14H19Br2NO. The van der Waals surface area contributed by atoms with Gasteiger partial charge in [-0.3, -0.25) is 4.79 Å². The number of rotatable bonds is 6.